The van der Waals surface area contributed by atoms with E-state index in [1.807, 2.05) is 7.05 Å². The van der Waals surface area contributed by atoms with Gasteiger partial charge in [0.1, 0.15) is 9.84 Å². The number of rotatable bonds is 7. The van der Waals surface area contributed by atoms with Crippen LogP contribution in [0.5, 0.6) is 0 Å². The summed E-state index contributed by atoms with van der Waals surface area (Å²) in [4.78, 5) is 2.18. The van der Waals surface area contributed by atoms with Crippen molar-refractivity contribution < 1.29 is 8.42 Å². The van der Waals surface area contributed by atoms with E-state index in [1.54, 1.807) is 0 Å². The molecule has 0 bridgehead atoms. The second kappa shape index (κ2) is 7.76. The van der Waals surface area contributed by atoms with Gasteiger partial charge < -0.3 is 10.2 Å². The quantitative estimate of drug-likeness (QED) is 0.776. The maximum Gasteiger partial charge on any atom is 0.148 e. The largest absolute Gasteiger partial charge is 0.314 e. The van der Waals surface area contributed by atoms with E-state index in [-0.39, 0.29) is 5.75 Å². The number of hydrogen-bond acceptors (Lipinski definition) is 4. The summed E-state index contributed by atoms with van der Waals surface area (Å²) < 4.78 is 22.5. The Morgan fingerprint density at radius 2 is 1.90 bits per heavy atom. The topological polar surface area (TPSA) is 49.4 Å². The molecular weight excluding hydrogens is 272 g/mol. The van der Waals surface area contributed by atoms with Crippen molar-refractivity contribution in [2.75, 3.05) is 38.7 Å². The van der Waals surface area contributed by atoms with E-state index < -0.39 is 9.84 Å². The Hall–Kier alpha value is -0.130. The average Bonchev–Trinajstić information content (AvgIpc) is 2.30. The van der Waals surface area contributed by atoms with Gasteiger partial charge in [-0.15, -0.1) is 0 Å². The SMILES string of the molecule is CCNC1CC(C)CC(C)C1CN(C)CCS(C)(=O)=O. The van der Waals surface area contributed by atoms with Crippen molar-refractivity contribution >= 4 is 9.84 Å². The molecule has 0 aliphatic heterocycles. The summed E-state index contributed by atoms with van der Waals surface area (Å²) in [5.74, 6) is 2.36. The summed E-state index contributed by atoms with van der Waals surface area (Å²) in [5.41, 5.74) is 0. The molecule has 1 rings (SSSR count). The molecule has 5 heteroatoms. The third-order valence-corrected chi connectivity index (χ3v) is 5.43. The predicted octanol–water partition coefficient (Wildman–Crippen LogP) is 1.62. The third-order valence-electron chi connectivity index (χ3n) is 4.51. The molecule has 1 fully saturated rings. The molecule has 4 atom stereocenters. The van der Waals surface area contributed by atoms with Crippen LogP contribution in [0, 0.1) is 17.8 Å². The number of sulfone groups is 1. The Kier molecular flexibility index (Phi) is 6.95. The highest BCUT2D eigenvalue weighted by molar-refractivity contribution is 7.90. The molecule has 4 nitrogen and oxygen atoms in total. The summed E-state index contributed by atoms with van der Waals surface area (Å²) in [7, 11) is -0.823. The fourth-order valence-corrected chi connectivity index (χ4v) is 4.13. The maximum absolute atomic E-state index is 11.3. The van der Waals surface area contributed by atoms with Crippen LogP contribution in [-0.4, -0.2) is 58.1 Å². The number of nitrogens with one attached hydrogen (secondary N) is 1. The standard InChI is InChI=1S/C15H32N2O2S/c1-6-16-15-10-12(2)9-13(3)14(15)11-17(4)7-8-20(5,18)19/h12-16H,6-11H2,1-5H3. The molecule has 0 amide bonds. The van der Waals surface area contributed by atoms with Crippen LogP contribution >= 0.6 is 0 Å². The molecule has 1 aliphatic rings. The molecule has 1 aliphatic carbocycles. The maximum atomic E-state index is 11.3. The summed E-state index contributed by atoms with van der Waals surface area (Å²) in [6, 6.07) is 0.569. The van der Waals surface area contributed by atoms with E-state index in [4.69, 9.17) is 0 Å². The first-order valence-electron chi connectivity index (χ1n) is 7.82. The minimum absolute atomic E-state index is 0.257. The monoisotopic (exact) mass is 304 g/mol. The van der Waals surface area contributed by atoms with Gasteiger partial charge in [-0.25, -0.2) is 8.42 Å². The van der Waals surface area contributed by atoms with E-state index in [1.165, 1.54) is 19.1 Å². The van der Waals surface area contributed by atoms with Crippen LogP contribution in [0.15, 0.2) is 0 Å². The van der Waals surface area contributed by atoms with E-state index in [2.05, 4.69) is 31.0 Å². The van der Waals surface area contributed by atoms with Gasteiger partial charge in [0, 0.05) is 25.4 Å². The van der Waals surface area contributed by atoms with E-state index >= 15 is 0 Å². The molecular formula is C15H32N2O2S. The zero-order valence-corrected chi connectivity index (χ0v) is 14.5. The minimum Gasteiger partial charge on any atom is -0.314 e. The van der Waals surface area contributed by atoms with Crippen LogP contribution in [0.4, 0.5) is 0 Å². The van der Waals surface area contributed by atoms with Crippen LogP contribution in [-0.2, 0) is 9.84 Å². The fraction of sp³-hybridized carbons (Fsp3) is 1.00. The number of hydrogen-bond donors (Lipinski definition) is 1. The van der Waals surface area contributed by atoms with Gasteiger partial charge in [-0.1, -0.05) is 20.8 Å². The molecule has 0 aromatic carbocycles. The van der Waals surface area contributed by atoms with Crippen LogP contribution in [0.2, 0.25) is 0 Å². The van der Waals surface area contributed by atoms with Gasteiger partial charge >= 0.3 is 0 Å². The normalized spacial score (nSPS) is 31.7. The first-order valence-corrected chi connectivity index (χ1v) is 9.88. The molecule has 120 valence electrons. The van der Waals surface area contributed by atoms with Gasteiger partial charge in [-0.05, 0) is 44.2 Å². The Balaban J connectivity index is 2.57. The van der Waals surface area contributed by atoms with E-state index in [0.29, 0.717) is 24.4 Å². The lowest BCUT2D eigenvalue weighted by Crippen LogP contribution is -2.48. The van der Waals surface area contributed by atoms with Crippen molar-refractivity contribution in [3.05, 3.63) is 0 Å². The smallest absolute Gasteiger partial charge is 0.148 e. The Morgan fingerprint density at radius 1 is 1.25 bits per heavy atom. The first kappa shape index (κ1) is 17.9. The van der Waals surface area contributed by atoms with Crippen LogP contribution in [0.25, 0.3) is 0 Å². The van der Waals surface area contributed by atoms with Crippen molar-refractivity contribution in [2.45, 2.75) is 39.7 Å². The third kappa shape index (κ3) is 6.10. The molecule has 0 spiro atoms. The molecule has 1 saturated carbocycles. The zero-order valence-electron chi connectivity index (χ0n) is 13.7. The lowest BCUT2D eigenvalue weighted by molar-refractivity contribution is 0.114. The molecule has 0 radical (unpaired) electrons. The van der Waals surface area contributed by atoms with Crippen molar-refractivity contribution in [3.63, 3.8) is 0 Å². The molecule has 4 unspecified atom stereocenters. The fourth-order valence-electron chi connectivity index (χ4n) is 3.49. The molecule has 0 saturated heterocycles. The first-order chi connectivity index (χ1) is 9.23. The van der Waals surface area contributed by atoms with Gasteiger partial charge in [-0.2, -0.15) is 0 Å². The lowest BCUT2D eigenvalue weighted by atomic mass is 9.72. The van der Waals surface area contributed by atoms with Gasteiger partial charge in [0.25, 0.3) is 0 Å². The minimum atomic E-state index is -2.86. The lowest BCUT2D eigenvalue weighted by Gasteiger charge is -2.41. The van der Waals surface area contributed by atoms with Crippen LogP contribution < -0.4 is 5.32 Å². The summed E-state index contributed by atoms with van der Waals surface area (Å²) in [6.45, 7) is 9.47. The second-order valence-electron chi connectivity index (χ2n) is 6.77. The number of nitrogens with zero attached hydrogens (tertiary/aromatic N) is 1. The summed E-state index contributed by atoms with van der Waals surface area (Å²) >= 11 is 0. The van der Waals surface area contributed by atoms with Crippen LogP contribution in [0.3, 0.4) is 0 Å². The van der Waals surface area contributed by atoms with Crippen molar-refractivity contribution in [3.8, 4) is 0 Å². The Morgan fingerprint density at radius 3 is 2.45 bits per heavy atom. The molecule has 0 aromatic heterocycles. The molecule has 0 heterocycles. The zero-order chi connectivity index (χ0) is 15.3. The van der Waals surface area contributed by atoms with Gasteiger partial charge in [0.15, 0.2) is 0 Å². The Bertz CT molecular complexity index is 383. The molecule has 1 N–H and O–H groups in total. The van der Waals surface area contributed by atoms with Gasteiger partial charge in [-0.3, -0.25) is 0 Å². The molecule has 20 heavy (non-hydrogen) atoms. The van der Waals surface area contributed by atoms with Gasteiger partial charge in [0.05, 0.1) is 5.75 Å². The van der Waals surface area contributed by atoms with Crippen molar-refractivity contribution in [2.24, 2.45) is 17.8 Å². The highest BCUT2D eigenvalue weighted by atomic mass is 32.2. The van der Waals surface area contributed by atoms with Crippen LogP contribution in [0.1, 0.15) is 33.6 Å². The molecule has 0 aromatic rings. The highest BCUT2D eigenvalue weighted by Crippen LogP contribution is 2.34. The van der Waals surface area contributed by atoms with Crippen molar-refractivity contribution in [1.29, 1.82) is 0 Å². The van der Waals surface area contributed by atoms with E-state index in [0.717, 1.165) is 19.0 Å². The summed E-state index contributed by atoms with van der Waals surface area (Å²) in [6.07, 6.45) is 3.84. The average molecular weight is 304 g/mol. The highest BCUT2D eigenvalue weighted by Gasteiger charge is 2.33. The summed E-state index contributed by atoms with van der Waals surface area (Å²) in [5, 5.41) is 3.63. The van der Waals surface area contributed by atoms with Crippen molar-refractivity contribution in [1.82, 2.24) is 10.2 Å². The second-order valence-corrected chi connectivity index (χ2v) is 9.03. The predicted molar refractivity (Wildman–Crippen MR) is 85.7 cm³/mol. The Labute approximate surface area is 125 Å². The van der Waals surface area contributed by atoms with E-state index in [9.17, 15) is 8.42 Å². The van der Waals surface area contributed by atoms with Gasteiger partial charge in [0.2, 0.25) is 0 Å².